The number of nitrogens with one attached hydrogen (secondary N) is 1. The predicted molar refractivity (Wildman–Crippen MR) is 77.5 cm³/mol. The third-order valence-corrected chi connectivity index (χ3v) is 4.55. The van der Waals surface area contributed by atoms with E-state index in [1.807, 2.05) is 0 Å². The maximum absolute atomic E-state index is 13.3. The molecule has 0 fully saturated rings. The molecule has 0 radical (unpaired) electrons. The molecule has 0 aliphatic rings. The second-order valence-corrected chi connectivity index (χ2v) is 6.37. The molecule has 112 valence electrons. The number of aryl methyl sites for hydroxylation is 2. The van der Waals surface area contributed by atoms with E-state index in [2.05, 4.69) is 4.72 Å². The van der Waals surface area contributed by atoms with E-state index in [1.54, 1.807) is 0 Å². The van der Waals surface area contributed by atoms with E-state index in [1.165, 1.54) is 19.9 Å². The van der Waals surface area contributed by atoms with Crippen LogP contribution in [-0.4, -0.2) is 8.42 Å². The van der Waals surface area contributed by atoms with E-state index in [4.69, 9.17) is 5.73 Å². The average Bonchev–Trinajstić information content (AvgIpc) is 2.23. The van der Waals surface area contributed by atoms with E-state index in [0.29, 0.717) is 0 Å². The Bertz CT molecular complexity index is 761. The fraction of sp³-hybridized carbons (Fsp3) is 0.143. The van der Waals surface area contributed by atoms with Gasteiger partial charge in [0.2, 0.25) is 0 Å². The van der Waals surface area contributed by atoms with Gasteiger partial charge in [-0.1, -0.05) is 0 Å². The van der Waals surface area contributed by atoms with Gasteiger partial charge >= 0.3 is 0 Å². The molecular formula is C14H14F2N2O2S. The summed E-state index contributed by atoms with van der Waals surface area (Å²) < 4.78 is 53.5. The molecule has 0 amide bonds. The lowest BCUT2D eigenvalue weighted by Crippen LogP contribution is -2.16. The maximum Gasteiger partial charge on any atom is 0.262 e. The van der Waals surface area contributed by atoms with Crippen LogP contribution in [0.4, 0.5) is 20.2 Å². The molecule has 0 saturated carbocycles. The van der Waals surface area contributed by atoms with Crippen molar-refractivity contribution in [1.29, 1.82) is 0 Å². The average molecular weight is 312 g/mol. The van der Waals surface area contributed by atoms with Gasteiger partial charge in [0.15, 0.2) is 0 Å². The summed E-state index contributed by atoms with van der Waals surface area (Å²) in [7, 11) is -3.96. The van der Waals surface area contributed by atoms with Crippen LogP contribution in [0.1, 0.15) is 11.1 Å². The molecule has 21 heavy (non-hydrogen) atoms. The van der Waals surface area contributed by atoms with Crippen LogP contribution in [-0.2, 0) is 10.0 Å². The van der Waals surface area contributed by atoms with Crippen LogP contribution in [0.15, 0.2) is 35.2 Å². The maximum atomic E-state index is 13.3. The second kappa shape index (κ2) is 5.33. The van der Waals surface area contributed by atoms with Gasteiger partial charge in [0.1, 0.15) is 11.6 Å². The lowest BCUT2D eigenvalue weighted by atomic mass is 10.1. The van der Waals surface area contributed by atoms with Crippen LogP contribution >= 0.6 is 0 Å². The van der Waals surface area contributed by atoms with Gasteiger partial charge in [0.25, 0.3) is 10.0 Å². The van der Waals surface area contributed by atoms with Crippen LogP contribution in [0.5, 0.6) is 0 Å². The van der Waals surface area contributed by atoms with Crippen molar-refractivity contribution in [2.75, 3.05) is 10.5 Å². The van der Waals surface area contributed by atoms with E-state index < -0.39 is 21.7 Å². The van der Waals surface area contributed by atoms with E-state index in [0.717, 1.165) is 24.3 Å². The molecule has 0 saturated heterocycles. The summed E-state index contributed by atoms with van der Waals surface area (Å²) in [6, 6.07) is 5.64. The third kappa shape index (κ3) is 3.30. The van der Waals surface area contributed by atoms with E-state index >= 15 is 0 Å². The Morgan fingerprint density at radius 1 is 0.952 bits per heavy atom. The monoisotopic (exact) mass is 312 g/mol. The Kier molecular flexibility index (Phi) is 3.87. The summed E-state index contributed by atoms with van der Waals surface area (Å²) in [5, 5.41) is 0. The highest BCUT2D eigenvalue weighted by molar-refractivity contribution is 7.92. The number of anilines is 2. The van der Waals surface area contributed by atoms with Crippen molar-refractivity contribution in [2.45, 2.75) is 18.7 Å². The minimum absolute atomic E-state index is 0.00984. The van der Waals surface area contributed by atoms with Crippen molar-refractivity contribution in [3.05, 3.63) is 53.1 Å². The summed E-state index contributed by atoms with van der Waals surface area (Å²) in [5.74, 6) is -1.17. The molecule has 0 aliphatic carbocycles. The topological polar surface area (TPSA) is 72.2 Å². The largest absolute Gasteiger partial charge is 0.399 e. The highest BCUT2D eigenvalue weighted by Crippen LogP contribution is 2.25. The number of benzene rings is 2. The molecule has 0 spiro atoms. The quantitative estimate of drug-likeness (QED) is 0.856. The highest BCUT2D eigenvalue weighted by atomic mass is 32.2. The van der Waals surface area contributed by atoms with Gasteiger partial charge in [0, 0.05) is 5.69 Å². The van der Waals surface area contributed by atoms with Crippen LogP contribution in [0.25, 0.3) is 0 Å². The lowest BCUT2D eigenvalue weighted by Gasteiger charge is -2.13. The molecule has 0 aromatic heterocycles. The molecule has 2 aromatic rings. The summed E-state index contributed by atoms with van der Waals surface area (Å²) >= 11 is 0. The van der Waals surface area contributed by atoms with Gasteiger partial charge in [-0.3, -0.25) is 4.72 Å². The summed E-state index contributed by atoms with van der Waals surface area (Å²) in [4.78, 5) is -0.0354. The Balaban J connectivity index is 2.48. The van der Waals surface area contributed by atoms with Crippen molar-refractivity contribution < 1.29 is 17.2 Å². The standard InChI is InChI=1S/C14H14F2N2O2S/c1-8-3-10(15)4-9(2)14(8)21(19,20)18-13-6-11(16)5-12(17)7-13/h3-7,18H,17H2,1-2H3. The van der Waals surface area contributed by atoms with Crippen molar-refractivity contribution in [3.8, 4) is 0 Å². The summed E-state index contributed by atoms with van der Waals surface area (Å²) in [6.45, 7) is 2.98. The minimum Gasteiger partial charge on any atom is -0.399 e. The minimum atomic E-state index is -3.96. The first kappa shape index (κ1) is 15.2. The van der Waals surface area contributed by atoms with E-state index in [-0.39, 0.29) is 27.4 Å². The summed E-state index contributed by atoms with van der Waals surface area (Å²) in [6.07, 6.45) is 0. The first-order valence-electron chi connectivity index (χ1n) is 6.04. The zero-order chi connectivity index (χ0) is 15.8. The molecule has 7 heteroatoms. The first-order valence-corrected chi connectivity index (χ1v) is 7.53. The lowest BCUT2D eigenvalue weighted by molar-refractivity contribution is 0.597. The highest BCUT2D eigenvalue weighted by Gasteiger charge is 2.21. The fourth-order valence-electron chi connectivity index (χ4n) is 2.20. The van der Waals surface area contributed by atoms with Crippen LogP contribution in [0.2, 0.25) is 0 Å². The molecule has 4 nitrogen and oxygen atoms in total. The van der Waals surface area contributed by atoms with Crippen LogP contribution < -0.4 is 10.5 Å². The van der Waals surface area contributed by atoms with Crippen molar-refractivity contribution in [2.24, 2.45) is 0 Å². The van der Waals surface area contributed by atoms with Gasteiger partial charge in [0.05, 0.1) is 10.6 Å². The SMILES string of the molecule is Cc1cc(F)cc(C)c1S(=O)(=O)Nc1cc(N)cc(F)c1. The molecular weight excluding hydrogens is 298 g/mol. The van der Waals surface area contributed by atoms with Crippen molar-refractivity contribution in [1.82, 2.24) is 0 Å². The fourth-order valence-corrected chi connectivity index (χ4v) is 3.69. The smallest absolute Gasteiger partial charge is 0.262 e. The Morgan fingerprint density at radius 3 is 2.00 bits per heavy atom. The Labute approximate surface area is 121 Å². The van der Waals surface area contributed by atoms with Gasteiger partial charge in [-0.05, 0) is 55.3 Å². The molecule has 0 unspecified atom stereocenters. The van der Waals surface area contributed by atoms with Crippen molar-refractivity contribution >= 4 is 21.4 Å². The number of halogens is 2. The Morgan fingerprint density at radius 2 is 1.48 bits per heavy atom. The molecule has 2 aromatic carbocycles. The molecule has 3 N–H and O–H groups in total. The predicted octanol–water partition coefficient (Wildman–Crippen LogP) is 2.96. The molecule has 0 bridgehead atoms. The van der Waals surface area contributed by atoms with Gasteiger partial charge < -0.3 is 5.73 Å². The van der Waals surface area contributed by atoms with Gasteiger partial charge in [-0.2, -0.15) is 0 Å². The number of sulfonamides is 1. The number of hydrogen-bond acceptors (Lipinski definition) is 3. The Hall–Kier alpha value is -2.15. The van der Waals surface area contributed by atoms with Gasteiger partial charge in [-0.25, -0.2) is 17.2 Å². The molecule has 0 heterocycles. The zero-order valence-electron chi connectivity index (χ0n) is 11.4. The van der Waals surface area contributed by atoms with Crippen LogP contribution in [0.3, 0.4) is 0 Å². The van der Waals surface area contributed by atoms with Crippen molar-refractivity contribution in [3.63, 3.8) is 0 Å². The van der Waals surface area contributed by atoms with E-state index in [9.17, 15) is 17.2 Å². The molecule has 0 aliphatic heterocycles. The molecule has 2 rings (SSSR count). The zero-order valence-corrected chi connectivity index (χ0v) is 12.3. The number of hydrogen-bond donors (Lipinski definition) is 2. The van der Waals surface area contributed by atoms with Gasteiger partial charge in [-0.15, -0.1) is 0 Å². The van der Waals surface area contributed by atoms with Crippen LogP contribution in [0, 0.1) is 25.5 Å². The normalized spacial score (nSPS) is 11.4. The second-order valence-electron chi connectivity index (χ2n) is 4.75. The first-order chi connectivity index (χ1) is 9.69. The number of nitrogen functional groups attached to an aromatic ring is 1. The molecule has 0 atom stereocenters. The third-order valence-electron chi connectivity index (χ3n) is 2.87. The number of nitrogens with two attached hydrogens (primary N) is 1. The summed E-state index contributed by atoms with van der Waals surface area (Å²) in [5.41, 5.74) is 6.12. The number of rotatable bonds is 3.